The Morgan fingerprint density at radius 1 is 1.37 bits per heavy atom. The van der Waals surface area contributed by atoms with Gasteiger partial charge in [-0.15, -0.1) is 0 Å². The Kier molecular flexibility index (Phi) is 4.89. The van der Waals surface area contributed by atoms with Crippen LogP contribution in [-0.4, -0.2) is 22.5 Å². The molecule has 0 atom stereocenters. The van der Waals surface area contributed by atoms with Gasteiger partial charge < -0.3 is 10.4 Å². The summed E-state index contributed by atoms with van der Waals surface area (Å²) in [6.45, 7) is 3.30. The van der Waals surface area contributed by atoms with E-state index in [0.717, 1.165) is 6.07 Å². The molecular weight excluding hydrogens is 273 g/mol. The van der Waals surface area contributed by atoms with Crippen molar-refractivity contribution in [1.82, 2.24) is 5.32 Å². The Labute approximate surface area is 115 Å². The molecule has 1 amide bonds. The zero-order valence-corrected chi connectivity index (χ0v) is 11.4. The minimum Gasteiger partial charge on any atom is -0.480 e. The first-order valence-corrected chi connectivity index (χ1v) is 6.25. The number of nitrogens with one attached hydrogen (secondary N) is 1. The Morgan fingerprint density at radius 2 is 1.95 bits per heavy atom. The molecule has 0 aliphatic carbocycles. The zero-order chi connectivity index (χ0) is 14.6. The average molecular weight is 288 g/mol. The van der Waals surface area contributed by atoms with Crippen molar-refractivity contribution >= 4 is 23.5 Å². The maximum absolute atomic E-state index is 13.6. The van der Waals surface area contributed by atoms with Gasteiger partial charge in [-0.3, -0.25) is 4.79 Å². The van der Waals surface area contributed by atoms with Gasteiger partial charge in [0.1, 0.15) is 11.4 Å². The molecule has 0 unspecified atom stereocenters. The van der Waals surface area contributed by atoms with Crippen LogP contribution in [0.4, 0.5) is 4.39 Å². The monoisotopic (exact) mass is 287 g/mol. The maximum Gasteiger partial charge on any atom is 0.329 e. The number of rotatable bonds is 5. The van der Waals surface area contributed by atoms with Crippen molar-refractivity contribution < 1.29 is 19.1 Å². The first kappa shape index (κ1) is 15.4. The van der Waals surface area contributed by atoms with Crippen molar-refractivity contribution in [2.24, 2.45) is 0 Å². The van der Waals surface area contributed by atoms with Crippen molar-refractivity contribution in [3.8, 4) is 0 Å². The second kappa shape index (κ2) is 6.02. The molecule has 1 aromatic carbocycles. The Bertz CT molecular complexity index is 501. The molecule has 0 radical (unpaired) electrons. The maximum atomic E-state index is 13.6. The molecule has 1 rings (SSSR count). The minimum atomic E-state index is -1.39. The summed E-state index contributed by atoms with van der Waals surface area (Å²) >= 11 is 5.59. The third-order valence-electron chi connectivity index (χ3n) is 3.15. The van der Waals surface area contributed by atoms with E-state index in [0.29, 0.717) is 0 Å². The van der Waals surface area contributed by atoms with Crippen LogP contribution in [0.2, 0.25) is 5.02 Å². The second-order valence-corrected chi connectivity index (χ2v) is 4.61. The van der Waals surface area contributed by atoms with Crippen LogP contribution in [-0.2, 0) is 4.79 Å². The highest BCUT2D eigenvalue weighted by Crippen LogP contribution is 2.19. The minimum absolute atomic E-state index is 0.171. The summed E-state index contributed by atoms with van der Waals surface area (Å²) in [5.41, 5.74) is -1.61. The second-order valence-electron chi connectivity index (χ2n) is 4.17. The molecule has 4 nitrogen and oxygen atoms in total. The van der Waals surface area contributed by atoms with Crippen LogP contribution in [0.3, 0.4) is 0 Å². The number of amides is 1. The van der Waals surface area contributed by atoms with Gasteiger partial charge in [-0.1, -0.05) is 25.4 Å². The highest BCUT2D eigenvalue weighted by Gasteiger charge is 2.37. The predicted molar refractivity (Wildman–Crippen MR) is 69.8 cm³/mol. The van der Waals surface area contributed by atoms with Crippen LogP contribution < -0.4 is 5.32 Å². The molecule has 0 bridgehead atoms. The number of halogens is 2. The summed E-state index contributed by atoms with van der Waals surface area (Å²) in [6.07, 6.45) is 0.416. The Balaban J connectivity index is 3.04. The van der Waals surface area contributed by atoms with E-state index < -0.39 is 23.2 Å². The third kappa shape index (κ3) is 3.23. The van der Waals surface area contributed by atoms with E-state index in [1.165, 1.54) is 12.1 Å². The van der Waals surface area contributed by atoms with Crippen molar-refractivity contribution in [1.29, 1.82) is 0 Å². The Morgan fingerprint density at radius 3 is 2.37 bits per heavy atom. The van der Waals surface area contributed by atoms with Crippen LogP contribution in [0.1, 0.15) is 37.0 Å². The van der Waals surface area contributed by atoms with Crippen LogP contribution in [0.25, 0.3) is 0 Å². The van der Waals surface area contributed by atoms with Crippen molar-refractivity contribution in [2.45, 2.75) is 32.2 Å². The number of hydrogen-bond donors (Lipinski definition) is 2. The lowest BCUT2D eigenvalue weighted by molar-refractivity contribution is -0.144. The average Bonchev–Trinajstić information content (AvgIpc) is 2.35. The highest BCUT2D eigenvalue weighted by atomic mass is 35.5. The van der Waals surface area contributed by atoms with Gasteiger partial charge in [-0.05, 0) is 31.0 Å². The molecule has 0 spiro atoms. The van der Waals surface area contributed by atoms with Gasteiger partial charge in [0.15, 0.2) is 0 Å². The number of carbonyl (C=O) groups excluding carboxylic acids is 1. The zero-order valence-electron chi connectivity index (χ0n) is 10.7. The normalized spacial score (nSPS) is 11.2. The predicted octanol–water partition coefficient (Wildman–Crippen LogP) is 2.85. The molecule has 104 valence electrons. The molecule has 2 N–H and O–H groups in total. The number of carbonyl (C=O) groups is 2. The lowest BCUT2D eigenvalue weighted by Crippen LogP contribution is -2.53. The highest BCUT2D eigenvalue weighted by molar-refractivity contribution is 6.30. The quantitative estimate of drug-likeness (QED) is 0.875. The molecule has 19 heavy (non-hydrogen) atoms. The van der Waals surface area contributed by atoms with Gasteiger partial charge in [0.25, 0.3) is 5.91 Å². The Hall–Kier alpha value is -1.62. The van der Waals surface area contributed by atoms with Gasteiger partial charge in [0.05, 0.1) is 5.56 Å². The molecule has 0 aliphatic rings. The molecule has 0 fully saturated rings. The molecule has 0 heterocycles. The first-order chi connectivity index (χ1) is 8.86. The fourth-order valence-electron chi connectivity index (χ4n) is 1.74. The smallest absolute Gasteiger partial charge is 0.329 e. The first-order valence-electron chi connectivity index (χ1n) is 5.87. The number of hydrogen-bond acceptors (Lipinski definition) is 2. The summed E-state index contributed by atoms with van der Waals surface area (Å²) in [6, 6.07) is 3.61. The molecule has 1 aromatic rings. The fraction of sp³-hybridized carbons (Fsp3) is 0.385. The van der Waals surface area contributed by atoms with E-state index in [1.54, 1.807) is 13.8 Å². The van der Waals surface area contributed by atoms with Crippen LogP contribution >= 0.6 is 11.6 Å². The van der Waals surface area contributed by atoms with E-state index in [4.69, 9.17) is 11.6 Å². The summed E-state index contributed by atoms with van der Waals surface area (Å²) < 4.78 is 13.6. The van der Waals surface area contributed by atoms with Crippen molar-refractivity contribution in [3.05, 3.63) is 34.6 Å². The SMILES string of the molecule is CCC(CC)(NC(=O)c1ccc(Cl)cc1F)C(=O)O. The van der Waals surface area contributed by atoms with E-state index >= 15 is 0 Å². The van der Waals surface area contributed by atoms with E-state index in [2.05, 4.69) is 5.32 Å². The number of benzene rings is 1. The molecular formula is C13H15ClFNO3. The van der Waals surface area contributed by atoms with Gasteiger partial charge in [0, 0.05) is 5.02 Å². The summed E-state index contributed by atoms with van der Waals surface area (Å²) in [5, 5.41) is 11.8. The molecule has 0 saturated carbocycles. The van der Waals surface area contributed by atoms with E-state index in [9.17, 15) is 19.1 Å². The van der Waals surface area contributed by atoms with Crippen LogP contribution in [0.5, 0.6) is 0 Å². The number of carboxylic acids is 1. The van der Waals surface area contributed by atoms with Gasteiger partial charge >= 0.3 is 5.97 Å². The molecule has 0 saturated heterocycles. The third-order valence-corrected chi connectivity index (χ3v) is 3.38. The number of aliphatic carboxylic acids is 1. The van der Waals surface area contributed by atoms with Crippen LogP contribution in [0, 0.1) is 5.82 Å². The molecule has 6 heteroatoms. The van der Waals surface area contributed by atoms with Gasteiger partial charge in [0.2, 0.25) is 0 Å². The molecule has 0 aliphatic heterocycles. The van der Waals surface area contributed by atoms with Crippen molar-refractivity contribution in [3.63, 3.8) is 0 Å². The number of carboxylic acid groups (broad SMARTS) is 1. The standard InChI is InChI=1S/C13H15ClFNO3/c1-3-13(4-2,12(18)19)16-11(17)9-6-5-8(14)7-10(9)15/h5-7H,3-4H2,1-2H3,(H,16,17)(H,18,19). The van der Waals surface area contributed by atoms with E-state index in [-0.39, 0.29) is 23.4 Å². The van der Waals surface area contributed by atoms with Crippen LogP contribution in [0.15, 0.2) is 18.2 Å². The summed E-state index contributed by atoms with van der Waals surface area (Å²) in [5.74, 6) is -2.68. The lowest BCUT2D eigenvalue weighted by atomic mass is 9.92. The van der Waals surface area contributed by atoms with Gasteiger partial charge in [-0.25, -0.2) is 9.18 Å². The van der Waals surface area contributed by atoms with Crippen molar-refractivity contribution in [2.75, 3.05) is 0 Å². The summed E-state index contributed by atoms with van der Waals surface area (Å²) in [7, 11) is 0. The van der Waals surface area contributed by atoms with E-state index in [1.807, 2.05) is 0 Å². The van der Waals surface area contributed by atoms with Gasteiger partial charge in [-0.2, -0.15) is 0 Å². The topological polar surface area (TPSA) is 66.4 Å². The largest absolute Gasteiger partial charge is 0.480 e. The molecule has 0 aromatic heterocycles. The lowest BCUT2D eigenvalue weighted by Gasteiger charge is -2.28. The summed E-state index contributed by atoms with van der Waals surface area (Å²) in [4.78, 5) is 23.2. The fourth-order valence-corrected chi connectivity index (χ4v) is 1.90.